The summed E-state index contributed by atoms with van der Waals surface area (Å²) in [6.07, 6.45) is 8.79. The first-order chi connectivity index (χ1) is 6.69. The second kappa shape index (κ2) is 2.62. The first kappa shape index (κ1) is 8.51. The van der Waals surface area contributed by atoms with E-state index in [1.807, 2.05) is 0 Å². The van der Waals surface area contributed by atoms with Gasteiger partial charge in [0.15, 0.2) is 0 Å². The van der Waals surface area contributed by atoms with Crippen molar-refractivity contribution in [2.24, 2.45) is 0 Å². The summed E-state index contributed by atoms with van der Waals surface area (Å²) in [5.74, 6) is 1.33. The summed E-state index contributed by atoms with van der Waals surface area (Å²) in [7, 11) is 0. The third kappa shape index (κ3) is 1.13. The van der Waals surface area contributed by atoms with Crippen LogP contribution in [0, 0.1) is 0 Å². The number of rotatable bonds is 1. The number of nitrogens with zero attached hydrogens (tertiary/aromatic N) is 2. The Kier molecular flexibility index (Phi) is 1.59. The standard InChI is InChI=1S/C12H18N2/c1-9-4-3-5-11-13-10(8-14(9)11)12(2)6-7-12/h8-9H,3-7H2,1-2H3. The normalized spacial score (nSPS) is 28.6. The molecule has 2 heteroatoms. The van der Waals surface area contributed by atoms with Crippen LogP contribution in [-0.4, -0.2) is 9.55 Å². The zero-order valence-electron chi connectivity index (χ0n) is 9.08. The molecule has 0 aromatic carbocycles. The van der Waals surface area contributed by atoms with Gasteiger partial charge in [0, 0.05) is 24.1 Å². The van der Waals surface area contributed by atoms with Gasteiger partial charge in [0.05, 0.1) is 5.69 Å². The van der Waals surface area contributed by atoms with Crippen LogP contribution in [0.3, 0.4) is 0 Å². The van der Waals surface area contributed by atoms with E-state index < -0.39 is 0 Å². The van der Waals surface area contributed by atoms with Crippen LogP contribution in [0.15, 0.2) is 6.20 Å². The molecule has 3 rings (SSSR count). The molecule has 1 saturated carbocycles. The Bertz CT molecular complexity index is 360. The SMILES string of the molecule is CC1CCCc2nc(C3(C)CC3)cn21. The van der Waals surface area contributed by atoms with Crippen molar-refractivity contribution in [3.63, 3.8) is 0 Å². The Morgan fingerprint density at radius 2 is 2.29 bits per heavy atom. The predicted molar refractivity (Wildman–Crippen MR) is 56.5 cm³/mol. The van der Waals surface area contributed by atoms with Crippen molar-refractivity contribution < 1.29 is 0 Å². The molecule has 1 unspecified atom stereocenters. The molecule has 0 amide bonds. The van der Waals surface area contributed by atoms with Gasteiger partial charge < -0.3 is 4.57 Å². The molecule has 2 heterocycles. The van der Waals surface area contributed by atoms with Crippen molar-refractivity contribution in [2.45, 2.75) is 57.4 Å². The average Bonchev–Trinajstić information content (AvgIpc) is 2.77. The molecule has 1 aromatic heterocycles. The molecule has 0 saturated heterocycles. The lowest BCUT2D eigenvalue weighted by atomic mass is 10.1. The smallest absolute Gasteiger partial charge is 0.109 e. The molecule has 0 spiro atoms. The van der Waals surface area contributed by atoms with E-state index in [1.165, 1.54) is 43.6 Å². The molecule has 76 valence electrons. The zero-order chi connectivity index (χ0) is 9.76. The van der Waals surface area contributed by atoms with Crippen molar-refractivity contribution in [3.05, 3.63) is 17.7 Å². The Morgan fingerprint density at radius 1 is 1.50 bits per heavy atom. The molecule has 2 aliphatic rings. The fourth-order valence-electron chi connectivity index (χ4n) is 2.43. The third-order valence-corrected chi connectivity index (χ3v) is 3.92. The van der Waals surface area contributed by atoms with Crippen LogP contribution in [0.25, 0.3) is 0 Å². The topological polar surface area (TPSA) is 17.8 Å². The Balaban J connectivity index is 2.02. The second-order valence-electron chi connectivity index (χ2n) is 5.25. The van der Waals surface area contributed by atoms with E-state index >= 15 is 0 Å². The quantitative estimate of drug-likeness (QED) is 0.666. The highest BCUT2D eigenvalue weighted by Crippen LogP contribution is 2.47. The van der Waals surface area contributed by atoms with Gasteiger partial charge >= 0.3 is 0 Å². The van der Waals surface area contributed by atoms with Gasteiger partial charge in [0.1, 0.15) is 5.82 Å². The van der Waals surface area contributed by atoms with Gasteiger partial charge in [-0.3, -0.25) is 0 Å². The van der Waals surface area contributed by atoms with E-state index in [-0.39, 0.29) is 0 Å². The molecule has 0 bridgehead atoms. The van der Waals surface area contributed by atoms with E-state index in [4.69, 9.17) is 4.98 Å². The average molecular weight is 190 g/mol. The Labute approximate surface area is 85.3 Å². The number of fused-ring (bicyclic) bond motifs is 1. The predicted octanol–water partition coefficient (Wildman–Crippen LogP) is 2.83. The van der Waals surface area contributed by atoms with E-state index in [1.54, 1.807) is 0 Å². The summed E-state index contributed by atoms with van der Waals surface area (Å²) in [5, 5.41) is 0. The number of aromatic nitrogens is 2. The Morgan fingerprint density at radius 3 is 2.93 bits per heavy atom. The van der Waals surface area contributed by atoms with Gasteiger partial charge in [-0.2, -0.15) is 0 Å². The minimum absolute atomic E-state index is 0.435. The lowest BCUT2D eigenvalue weighted by molar-refractivity contribution is 0.425. The molecule has 14 heavy (non-hydrogen) atoms. The van der Waals surface area contributed by atoms with Gasteiger partial charge in [-0.1, -0.05) is 6.92 Å². The number of imidazole rings is 1. The van der Waals surface area contributed by atoms with E-state index in [2.05, 4.69) is 24.6 Å². The Hall–Kier alpha value is -0.790. The fourth-order valence-corrected chi connectivity index (χ4v) is 2.43. The van der Waals surface area contributed by atoms with Crippen LogP contribution in [0.4, 0.5) is 0 Å². The van der Waals surface area contributed by atoms with E-state index in [0.717, 1.165) is 0 Å². The molecule has 0 radical (unpaired) electrons. The largest absolute Gasteiger partial charge is 0.332 e. The monoisotopic (exact) mass is 190 g/mol. The molecular formula is C12H18N2. The minimum Gasteiger partial charge on any atom is -0.332 e. The fraction of sp³-hybridized carbons (Fsp3) is 0.750. The maximum Gasteiger partial charge on any atom is 0.109 e. The lowest BCUT2D eigenvalue weighted by Crippen LogP contribution is -2.14. The van der Waals surface area contributed by atoms with Crippen LogP contribution in [-0.2, 0) is 11.8 Å². The highest BCUT2D eigenvalue weighted by atomic mass is 15.1. The van der Waals surface area contributed by atoms with Crippen molar-refractivity contribution in [2.75, 3.05) is 0 Å². The summed E-state index contributed by atoms with van der Waals surface area (Å²) in [6, 6.07) is 0.669. The van der Waals surface area contributed by atoms with Crippen molar-refractivity contribution in [1.82, 2.24) is 9.55 Å². The first-order valence-electron chi connectivity index (χ1n) is 5.77. The van der Waals surface area contributed by atoms with Crippen LogP contribution >= 0.6 is 0 Å². The third-order valence-electron chi connectivity index (χ3n) is 3.92. The van der Waals surface area contributed by atoms with Crippen molar-refractivity contribution >= 4 is 0 Å². The van der Waals surface area contributed by atoms with Gasteiger partial charge in [0.25, 0.3) is 0 Å². The summed E-state index contributed by atoms with van der Waals surface area (Å²) < 4.78 is 2.41. The summed E-state index contributed by atoms with van der Waals surface area (Å²) in [5.41, 5.74) is 1.78. The summed E-state index contributed by atoms with van der Waals surface area (Å²) in [4.78, 5) is 4.80. The molecule has 2 nitrogen and oxygen atoms in total. The van der Waals surface area contributed by atoms with Crippen LogP contribution in [0.5, 0.6) is 0 Å². The van der Waals surface area contributed by atoms with E-state index in [0.29, 0.717) is 11.5 Å². The molecular weight excluding hydrogens is 172 g/mol. The molecule has 1 fully saturated rings. The molecule has 1 aromatic rings. The second-order valence-corrected chi connectivity index (χ2v) is 5.25. The number of hydrogen-bond donors (Lipinski definition) is 0. The van der Waals surface area contributed by atoms with Crippen molar-refractivity contribution in [3.8, 4) is 0 Å². The number of aryl methyl sites for hydroxylation is 1. The van der Waals surface area contributed by atoms with Crippen LogP contribution in [0.1, 0.15) is 57.1 Å². The lowest BCUT2D eigenvalue weighted by Gasteiger charge is -2.20. The maximum atomic E-state index is 4.80. The molecule has 1 aliphatic heterocycles. The van der Waals surface area contributed by atoms with Gasteiger partial charge in [-0.05, 0) is 32.6 Å². The van der Waals surface area contributed by atoms with E-state index in [9.17, 15) is 0 Å². The highest BCUT2D eigenvalue weighted by molar-refractivity contribution is 5.23. The zero-order valence-corrected chi connectivity index (χ0v) is 9.08. The number of hydrogen-bond acceptors (Lipinski definition) is 1. The van der Waals surface area contributed by atoms with Gasteiger partial charge in [-0.15, -0.1) is 0 Å². The molecule has 1 atom stereocenters. The first-order valence-corrected chi connectivity index (χ1v) is 5.77. The molecule has 0 N–H and O–H groups in total. The minimum atomic E-state index is 0.435. The maximum absolute atomic E-state index is 4.80. The van der Waals surface area contributed by atoms with Crippen molar-refractivity contribution in [1.29, 1.82) is 0 Å². The van der Waals surface area contributed by atoms with Gasteiger partial charge in [-0.25, -0.2) is 4.98 Å². The highest BCUT2D eigenvalue weighted by Gasteiger charge is 2.42. The van der Waals surface area contributed by atoms with Gasteiger partial charge in [0.2, 0.25) is 0 Å². The summed E-state index contributed by atoms with van der Waals surface area (Å²) in [6.45, 7) is 4.65. The summed E-state index contributed by atoms with van der Waals surface area (Å²) >= 11 is 0. The van der Waals surface area contributed by atoms with Crippen LogP contribution in [0.2, 0.25) is 0 Å². The van der Waals surface area contributed by atoms with Crippen LogP contribution < -0.4 is 0 Å². The molecule has 1 aliphatic carbocycles.